The number of para-hydroxylation sites is 2. The van der Waals surface area contributed by atoms with Gasteiger partial charge in [0.05, 0.1) is 38.8 Å². The monoisotopic (exact) mass is 765 g/mol. The Balaban J connectivity index is 1.12. The molecule has 3 atom stereocenters. The van der Waals surface area contributed by atoms with Gasteiger partial charge in [0, 0.05) is 41.3 Å². The van der Waals surface area contributed by atoms with Crippen LogP contribution in [0, 0.1) is 26.7 Å². The minimum Gasteiger partial charge on any atom is -0.363 e. The maximum atomic E-state index is 7.43. The summed E-state index contributed by atoms with van der Waals surface area (Å²) in [6, 6.07) is 48.8. The molecule has 0 bridgehead atoms. The Morgan fingerprint density at radius 1 is 0.789 bits per heavy atom. The number of aryl methyl sites for hydroxylation is 3. The standard InChI is InChI=1S/C51H48ClN5/c1-7-42(49-43-19-12-11-18-39(43)28-29-53-49)36(5)37(6)56(32-38-16-9-8-10-17-38)47-23-15-21-45(48(47)52)54-41-26-24-40(25-27-41)51-55-44-20-13-14-22-46(44)57(51)50-34(3)30-33(2)31-35(50)4/h7-31,36-37,42,54H,1,32H2,2-6H3/t36-,37-,42?/m1/s1. The van der Waals surface area contributed by atoms with E-state index < -0.39 is 0 Å². The molecule has 8 rings (SSSR count). The average molecular weight is 766 g/mol. The Morgan fingerprint density at radius 2 is 1.49 bits per heavy atom. The van der Waals surface area contributed by atoms with Crippen LogP contribution in [0.5, 0.6) is 0 Å². The third-order valence-corrected chi connectivity index (χ3v) is 11.8. The van der Waals surface area contributed by atoms with E-state index in [2.05, 4.69) is 189 Å². The van der Waals surface area contributed by atoms with E-state index in [0.717, 1.165) is 50.6 Å². The van der Waals surface area contributed by atoms with E-state index in [1.165, 1.54) is 33.3 Å². The maximum absolute atomic E-state index is 7.43. The quantitative estimate of drug-likeness (QED) is 0.126. The number of hydrogen-bond donors (Lipinski definition) is 1. The minimum absolute atomic E-state index is 0.0231. The van der Waals surface area contributed by atoms with Crippen molar-refractivity contribution in [3.05, 3.63) is 191 Å². The number of allylic oxidation sites excluding steroid dienone is 1. The average Bonchev–Trinajstić information content (AvgIpc) is 3.60. The zero-order valence-corrected chi connectivity index (χ0v) is 34.0. The van der Waals surface area contributed by atoms with Crippen molar-refractivity contribution in [2.24, 2.45) is 5.92 Å². The van der Waals surface area contributed by atoms with E-state index in [0.29, 0.717) is 11.6 Å². The van der Waals surface area contributed by atoms with E-state index in [9.17, 15) is 0 Å². The van der Waals surface area contributed by atoms with Crippen LogP contribution in [0.3, 0.4) is 0 Å². The van der Waals surface area contributed by atoms with Crippen molar-refractivity contribution in [3.63, 3.8) is 0 Å². The third-order valence-electron chi connectivity index (χ3n) is 11.4. The molecule has 0 spiro atoms. The number of aromatic nitrogens is 3. The Hall–Kier alpha value is -6.17. The molecule has 5 nitrogen and oxygen atoms in total. The number of benzene rings is 6. The molecule has 284 valence electrons. The second-order valence-corrected chi connectivity index (χ2v) is 15.6. The predicted octanol–water partition coefficient (Wildman–Crippen LogP) is 13.6. The van der Waals surface area contributed by atoms with Gasteiger partial charge in [-0.05, 0) is 110 Å². The van der Waals surface area contributed by atoms with E-state index >= 15 is 0 Å². The maximum Gasteiger partial charge on any atom is 0.145 e. The number of imidazole rings is 1. The van der Waals surface area contributed by atoms with Crippen molar-refractivity contribution in [1.82, 2.24) is 14.5 Å². The normalized spacial score (nSPS) is 13.0. The summed E-state index contributed by atoms with van der Waals surface area (Å²) >= 11 is 7.43. The molecule has 1 unspecified atom stereocenters. The van der Waals surface area contributed by atoms with Crippen LogP contribution < -0.4 is 10.2 Å². The molecule has 0 saturated heterocycles. The molecule has 0 aliphatic heterocycles. The molecule has 6 aromatic carbocycles. The highest BCUT2D eigenvalue weighted by atomic mass is 35.5. The molecule has 1 N–H and O–H groups in total. The van der Waals surface area contributed by atoms with Crippen LogP contribution in [0.1, 0.15) is 47.7 Å². The van der Waals surface area contributed by atoms with Crippen LogP contribution in [0.25, 0.3) is 38.9 Å². The first-order valence-corrected chi connectivity index (χ1v) is 20.1. The highest BCUT2D eigenvalue weighted by molar-refractivity contribution is 6.36. The number of nitrogens with zero attached hydrogens (tertiary/aromatic N) is 4. The molecular weight excluding hydrogens is 718 g/mol. The molecule has 0 aliphatic rings. The summed E-state index contributed by atoms with van der Waals surface area (Å²) in [6.07, 6.45) is 3.96. The highest BCUT2D eigenvalue weighted by Crippen LogP contribution is 2.41. The zero-order valence-electron chi connectivity index (χ0n) is 33.2. The van der Waals surface area contributed by atoms with Crippen LogP contribution in [0.2, 0.25) is 5.02 Å². The first kappa shape index (κ1) is 37.7. The van der Waals surface area contributed by atoms with Gasteiger partial charge in [0.1, 0.15) is 5.82 Å². The van der Waals surface area contributed by atoms with Gasteiger partial charge in [-0.25, -0.2) is 4.98 Å². The first-order valence-electron chi connectivity index (χ1n) is 19.7. The summed E-state index contributed by atoms with van der Waals surface area (Å²) in [5.41, 5.74) is 13.0. The Bertz CT molecular complexity index is 2670. The predicted molar refractivity (Wildman–Crippen MR) is 241 cm³/mol. The minimum atomic E-state index is 0.0231. The fourth-order valence-corrected chi connectivity index (χ4v) is 8.75. The molecule has 2 aromatic heterocycles. The molecule has 57 heavy (non-hydrogen) atoms. The number of halogens is 1. The van der Waals surface area contributed by atoms with Gasteiger partial charge >= 0.3 is 0 Å². The lowest BCUT2D eigenvalue weighted by Gasteiger charge is -2.38. The summed E-state index contributed by atoms with van der Waals surface area (Å²) in [4.78, 5) is 12.5. The van der Waals surface area contributed by atoms with Crippen molar-refractivity contribution in [2.45, 2.75) is 53.1 Å². The molecule has 6 heteroatoms. The van der Waals surface area contributed by atoms with Crippen molar-refractivity contribution in [1.29, 1.82) is 0 Å². The van der Waals surface area contributed by atoms with Crippen molar-refractivity contribution >= 4 is 50.5 Å². The zero-order chi connectivity index (χ0) is 39.6. The number of hydrogen-bond acceptors (Lipinski definition) is 4. The van der Waals surface area contributed by atoms with Gasteiger partial charge in [-0.1, -0.05) is 115 Å². The van der Waals surface area contributed by atoms with Gasteiger partial charge in [0.15, 0.2) is 0 Å². The SMILES string of the molecule is C=CC(c1nccc2ccccc12)[C@H](C)[C@@H](C)N(Cc1ccccc1)c1cccc(Nc2ccc(-c3nc4ccccc4n3-c3c(C)cc(C)cc3C)cc2)c1Cl. The fourth-order valence-electron chi connectivity index (χ4n) is 8.46. The van der Waals surface area contributed by atoms with Crippen LogP contribution in [0.4, 0.5) is 17.1 Å². The van der Waals surface area contributed by atoms with Gasteiger partial charge in [-0.3, -0.25) is 9.55 Å². The van der Waals surface area contributed by atoms with Crippen LogP contribution >= 0.6 is 11.6 Å². The second kappa shape index (κ2) is 16.1. The van der Waals surface area contributed by atoms with Crippen LogP contribution in [-0.2, 0) is 6.54 Å². The fraction of sp³-hybridized carbons (Fsp3) is 0.176. The van der Waals surface area contributed by atoms with Gasteiger partial charge < -0.3 is 10.2 Å². The van der Waals surface area contributed by atoms with E-state index in [-0.39, 0.29) is 17.9 Å². The van der Waals surface area contributed by atoms with E-state index in [1.54, 1.807) is 0 Å². The summed E-state index contributed by atoms with van der Waals surface area (Å²) in [6.45, 7) is 16.1. The van der Waals surface area contributed by atoms with Crippen molar-refractivity contribution in [2.75, 3.05) is 10.2 Å². The summed E-state index contributed by atoms with van der Waals surface area (Å²) < 4.78 is 2.30. The van der Waals surface area contributed by atoms with Crippen molar-refractivity contribution < 1.29 is 0 Å². The number of anilines is 3. The second-order valence-electron chi connectivity index (χ2n) is 15.2. The molecule has 0 amide bonds. The molecular formula is C51H48ClN5. The number of nitrogens with one attached hydrogen (secondary N) is 1. The largest absolute Gasteiger partial charge is 0.363 e. The number of rotatable bonds is 12. The Labute approximate surface area is 341 Å². The van der Waals surface area contributed by atoms with Crippen LogP contribution in [-0.4, -0.2) is 20.6 Å². The lowest BCUT2D eigenvalue weighted by Crippen LogP contribution is -2.39. The topological polar surface area (TPSA) is 46.0 Å². The first-order chi connectivity index (χ1) is 27.7. The highest BCUT2D eigenvalue weighted by Gasteiger charge is 2.30. The van der Waals surface area contributed by atoms with Crippen LogP contribution in [0.15, 0.2) is 158 Å². The number of fused-ring (bicyclic) bond motifs is 2. The third kappa shape index (κ3) is 7.43. The van der Waals surface area contributed by atoms with E-state index in [1.807, 2.05) is 18.3 Å². The molecule has 0 saturated carbocycles. The number of pyridine rings is 1. The van der Waals surface area contributed by atoms with E-state index in [4.69, 9.17) is 21.6 Å². The smallest absolute Gasteiger partial charge is 0.145 e. The molecule has 0 fully saturated rings. The van der Waals surface area contributed by atoms with Gasteiger partial charge in [0.25, 0.3) is 0 Å². The Kier molecular flexibility index (Phi) is 10.7. The Morgan fingerprint density at radius 3 is 2.25 bits per heavy atom. The summed E-state index contributed by atoms with van der Waals surface area (Å²) in [7, 11) is 0. The lowest BCUT2D eigenvalue weighted by atomic mass is 9.83. The molecule has 8 aromatic rings. The van der Waals surface area contributed by atoms with Gasteiger partial charge in [-0.15, -0.1) is 6.58 Å². The van der Waals surface area contributed by atoms with Gasteiger partial charge in [0.2, 0.25) is 0 Å². The molecule has 2 heterocycles. The summed E-state index contributed by atoms with van der Waals surface area (Å²) in [5, 5.41) is 6.65. The molecule has 0 aliphatic carbocycles. The van der Waals surface area contributed by atoms with Crippen molar-refractivity contribution in [3.8, 4) is 17.1 Å². The summed E-state index contributed by atoms with van der Waals surface area (Å²) in [5.74, 6) is 1.09. The lowest BCUT2D eigenvalue weighted by molar-refractivity contribution is 0.410. The van der Waals surface area contributed by atoms with Gasteiger partial charge in [-0.2, -0.15) is 0 Å². The molecule has 0 radical (unpaired) electrons.